The smallest absolute Gasteiger partial charge is 0.204 e. The van der Waals surface area contributed by atoms with E-state index in [-0.39, 0.29) is 5.78 Å². The molecule has 0 unspecified atom stereocenters. The third kappa shape index (κ3) is 4.82. The van der Waals surface area contributed by atoms with Gasteiger partial charge < -0.3 is 19.5 Å². The fraction of sp³-hybridized carbons (Fsp3) is 0.111. The van der Waals surface area contributed by atoms with E-state index in [4.69, 9.17) is 25.8 Å². The van der Waals surface area contributed by atoms with Crippen molar-refractivity contribution in [1.82, 2.24) is 4.98 Å². The number of ether oxygens (including phenoxy) is 3. The van der Waals surface area contributed by atoms with Crippen molar-refractivity contribution in [2.75, 3.05) is 26.6 Å². The number of pyridine rings is 1. The van der Waals surface area contributed by atoms with Crippen LogP contribution < -0.4 is 19.5 Å². The quantitative estimate of drug-likeness (QED) is 0.230. The molecule has 1 N–H and O–H groups in total. The summed E-state index contributed by atoms with van der Waals surface area (Å²) in [6.07, 6.45) is 5.00. The molecule has 172 valence electrons. The summed E-state index contributed by atoms with van der Waals surface area (Å²) in [5.41, 5.74) is 3.84. The van der Waals surface area contributed by atoms with Gasteiger partial charge in [-0.3, -0.25) is 9.78 Å². The molecule has 4 rings (SSSR count). The highest BCUT2D eigenvalue weighted by Crippen LogP contribution is 2.40. The summed E-state index contributed by atoms with van der Waals surface area (Å²) in [6, 6.07) is 18.6. The van der Waals surface area contributed by atoms with Gasteiger partial charge in [0.1, 0.15) is 0 Å². The van der Waals surface area contributed by atoms with Gasteiger partial charge in [-0.25, -0.2) is 0 Å². The number of fused-ring (bicyclic) bond motifs is 1. The molecule has 6 nitrogen and oxygen atoms in total. The number of aromatic nitrogens is 1. The Labute approximate surface area is 202 Å². The van der Waals surface area contributed by atoms with E-state index in [9.17, 15) is 4.79 Å². The fourth-order valence-electron chi connectivity index (χ4n) is 3.66. The van der Waals surface area contributed by atoms with Crippen LogP contribution in [-0.2, 0) is 0 Å². The molecule has 34 heavy (non-hydrogen) atoms. The maximum atomic E-state index is 12.9. The van der Waals surface area contributed by atoms with E-state index in [1.54, 1.807) is 24.4 Å². The molecule has 0 spiro atoms. The second kappa shape index (κ2) is 10.3. The van der Waals surface area contributed by atoms with Crippen LogP contribution in [0.5, 0.6) is 17.2 Å². The van der Waals surface area contributed by atoms with Crippen LogP contribution >= 0.6 is 11.6 Å². The number of rotatable bonds is 8. The van der Waals surface area contributed by atoms with Gasteiger partial charge in [0.15, 0.2) is 17.3 Å². The van der Waals surface area contributed by atoms with Crippen molar-refractivity contribution in [2.24, 2.45) is 0 Å². The van der Waals surface area contributed by atoms with Crippen molar-refractivity contribution in [1.29, 1.82) is 0 Å². The number of carbonyl (C=O) groups is 1. The molecule has 1 heterocycles. The van der Waals surface area contributed by atoms with Gasteiger partial charge >= 0.3 is 0 Å². The van der Waals surface area contributed by atoms with Crippen LogP contribution in [0.25, 0.3) is 17.0 Å². The van der Waals surface area contributed by atoms with Crippen LogP contribution in [-0.4, -0.2) is 32.1 Å². The topological polar surface area (TPSA) is 69.7 Å². The Kier molecular flexibility index (Phi) is 6.99. The minimum Gasteiger partial charge on any atom is -0.493 e. The predicted octanol–water partition coefficient (Wildman–Crippen LogP) is 6.55. The summed E-state index contributed by atoms with van der Waals surface area (Å²) in [5, 5.41) is 5.02. The van der Waals surface area contributed by atoms with E-state index < -0.39 is 0 Å². The van der Waals surface area contributed by atoms with Gasteiger partial charge in [0.2, 0.25) is 5.75 Å². The van der Waals surface area contributed by atoms with Crippen LogP contribution in [0, 0.1) is 0 Å². The molecule has 4 aromatic rings. The Bertz CT molecular complexity index is 1380. The Morgan fingerprint density at radius 3 is 2.53 bits per heavy atom. The zero-order valence-electron chi connectivity index (χ0n) is 19.0. The van der Waals surface area contributed by atoms with Crippen LogP contribution in [0.1, 0.15) is 15.9 Å². The third-order valence-electron chi connectivity index (χ3n) is 5.27. The summed E-state index contributed by atoms with van der Waals surface area (Å²) in [5.74, 6) is 0.982. The minimum absolute atomic E-state index is 0.215. The fourth-order valence-corrected chi connectivity index (χ4v) is 3.83. The first-order valence-corrected chi connectivity index (χ1v) is 10.8. The molecule has 0 saturated heterocycles. The molecular weight excluding hydrogens is 452 g/mol. The minimum atomic E-state index is -0.215. The van der Waals surface area contributed by atoms with Gasteiger partial charge in [0, 0.05) is 28.0 Å². The molecule has 0 aliphatic heterocycles. The summed E-state index contributed by atoms with van der Waals surface area (Å²) in [4.78, 5) is 17.3. The number of carbonyl (C=O) groups excluding carboxylic acids is 1. The van der Waals surface area contributed by atoms with Crippen molar-refractivity contribution >= 4 is 45.7 Å². The van der Waals surface area contributed by atoms with Crippen molar-refractivity contribution in [3.63, 3.8) is 0 Å². The lowest BCUT2D eigenvalue weighted by Crippen LogP contribution is -2.02. The maximum absolute atomic E-state index is 12.9. The molecule has 0 aliphatic carbocycles. The molecule has 0 radical (unpaired) electrons. The number of hydrogen-bond donors (Lipinski definition) is 1. The molecule has 0 fully saturated rings. The first kappa shape index (κ1) is 23.1. The number of nitrogens with zero attached hydrogens (tertiary/aromatic N) is 1. The van der Waals surface area contributed by atoms with Gasteiger partial charge in [-0.2, -0.15) is 0 Å². The largest absolute Gasteiger partial charge is 0.493 e. The molecule has 0 bridgehead atoms. The van der Waals surface area contributed by atoms with E-state index in [0.717, 1.165) is 27.8 Å². The number of ketones is 1. The van der Waals surface area contributed by atoms with Crippen LogP contribution in [0.15, 0.2) is 72.9 Å². The average Bonchev–Trinajstić information content (AvgIpc) is 2.86. The zero-order chi connectivity index (χ0) is 24.1. The van der Waals surface area contributed by atoms with Crippen LogP contribution in [0.2, 0.25) is 5.02 Å². The zero-order valence-corrected chi connectivity index (χ0v) is 19.7. The number of hydrogen-bond acceptors (Lipinski definition) is 6. The Balaban J connectivity index is 1.58. The van der Waals surface area contributed by atoms with Gasteiger partial charge in [-0.1, -0.05) is 29.8 Å². The number of halogens is 1. The highest BCUT2D eigenvalue weighted by molar-refractivity contribution is 6.31. The van der Waals surface area contributed by atoms with Crippen molar-refractivity contribution in [3.05, 3.63) is 89.1 Å². The summed E-state index contributed by atoms with van der Waals surface area (Å²) >= 11 is 6.09. The first-order valence-electron chi connectivity index (χ1n) is 10.5. The normalized spacial score (nSPS) is 10.9. The Morgan fingerprint density at radius 2 is 1.76 bits per heavy atom. The molecular formula is C27H23ClN2O4. The highest BCUT2D eigenvalue weighted by atomic mass is 35.5. The lowest BCUT2D eigenvalue weighted by Gasteiger charge is -2.14. The second-order valence-corrected chi connectivity index (χ2v) is 7.79. The monoisotopic (exact) mass is 474 g/mol. The van der Waals surface area contributed by atoms with E-state index in [2.05, 4.69) is 10.3 Å². The summed E-state index contributed by atoms with van der Waals surface area (Å²) in [6.45, 7) is 0. The molecule has 3 aromatic carbocycles. The Hall–Kier alpha value is -4.03. The second-order valence-electron chi connectivity index (χ2n) is 7.35. The number of methoxy groups -OCH3 is 3. The summed E-state index contributed by atoms with van der Waals surface area (Å²) in [7, 11) is 4.52. The van der Waals surface area contributed by atoms with Crippen molar-refractivity contribution in [3.8, 4) is 17.2 Å². The third-order valence-corrected chi connectivity index (χ3v) is 5.50. The van der Waals surface area contributed by atoms with E-state index >= 15 is 0 Å². The molecule has 0 amide bonds. The molecule has 1 aromatic heterocycles. The molecule has 0 saturated carbocycles. The lowest BCUT2D eigenvalue weighted by atomic mass is 10.1. The highest BCUT2D eigenvalue weighted by Gasteiger charge is 2.19. The molecule has 7 heteroatoms. The number of nitrogens with one attached hydrogen (secondary N) is 1. The SMILES string of the molecule is COc1ccc(C(=O)/C=C/c2cccc(Nc3ccnc4cc(Cl)ccc34)c2)c(OC)c1OC. The maximum Gasteiger partial charge on any atom is 0.204 e. The number of benzene rings is 3. The average molecular weight is 475 g/mol. The van der Waals surface area contributed by atoms with E-state index in [1.165, 1.54) is 27.4 Å². The van der Waals surface area contributed by atoms with Gasteiger partial charge in [0.25, 0.3) is 0 Å². The van der Waals surface area contributed by atoms with Crippen LogP contribution in [0.4, 0.5) is 11.4 Å². The number of anilines is 2. The van der Waals surface area contributed by atoms with E-state index in [1.807, 2.05) is 48.5 Å². The van der Waals surface area contributed by atoms with Gasteiger partial charge in [-0.15, -0.1) is 0 Å². The van der Waals surface area contributed by atoms with Crippen molar-refractivity contribution < 1.29 is 19.0 Å². The first-order chi connectivity index (χ1) is 16.5. The molecule has 0 aliphatic rings. The van der Waals surface area contributed by atoms with Gasteiger partial charge in [0.05, 0.1) is 32.4 Å². The van der Waals surface area contributed by atoms with Gasteiger partial charge in [-0.05, 0) is 60.2 Å². The Morgan fingerprint density at radius 1 is 0.941 bits per heavy atom. The standard InChI is InChI=1S/C27H23ClN2O4/c1-32-25-12-10-21(26(33-2)27(25)34-3)24(31)11-7-17-5-4-6-19(15-17)30-22-13-14-29-23-16-18(28)8-9-20(22)23/h4-16H,1-3H3,(H,29,30)/b11-7+. The van der Waals surface area contributed by atoms with E-state index in [0.29, 0.717) is 27.8 Å². The van der Waals surface area contributed by atoms with Crippen LogP contribution in [0.3, 0.4) is 0 Å². The molecule has 0 atom stereocenters. The lowest BCUT2D eigenvalue weighted by molar-refractivity contribution is 0.104. The predicted molar refractivity (Wildman–Crippen MR) is 136 cm³/mol. The van der Waals surface area contributed by atoms with Crippen molar-refractivity contribution in [2.45, 2.75) is 0 Å². The summed E-state index contributed by atoms with van der Waals surface area (Å²) < 4.78 is 16.1. The number of allylic oxidation sites excluding steroid dienone is 1.